The first-order chi connectivity index (χ1) is 8.45. The van der Waals surface area contributed by atoms with Gasteiger partial charge in [-0.05, 0) is 0 Å². The highest BCUT2D eigenvalue weighted by atomic mass is 32.2. The highest BCUT2D eigenvalue weighted by Gasteiger charge is 2.18. The molecule has 1 aromatic heterocycles. The largest absolute Gasteiger partial charge is 0.469 e. The Kier molecular flexibility index (Phi) is 5.25. The Balaban J connectivity index is 2.44. The molecule has 0 aliphatic carbocycles. The second-order valence-corrected chi connectivity index (χ2v) is 5.31. The summed E-state index contributed by atoms with van der Waals surface area (Å²) in [5, 5.41) is 3.45. The monoisotopic (exact) mass is 277 g/mol. The maximum absolute atomic E-state index is 11.7. The lowest BCUT2D eigenvalue weighted by atomic mass is 10.4. The van der Waals surface area contributed by atoms with Gasteiger partial charge in [0.1, 0.15) is 0 Å². The van der Waals surface area contributed by atoms with Gasteiger partial charge < -0.3 is 9.26 Å². The minimum absolute atomic E-state index is 0.00375. The summed E-state index contributed by atoms with van der Waals surface area (Å²) in [7, 11) is -1.04. The van der Waals surface area contributed by atoms with Gasteiger partial charge in [-0.3, -0.25) is 4.79 Å². The zero-order chi connectivity index (χ0) is 13.6. The van der Waals surface area contributed by atoms with Gasteiger partial charge in [0.25, 0.3) is 10.2 Å². The fourth-order valence-electron chi connectivity index (χ4n) is 1.08. The first-order valence-electron chi connectivity index (χ1n) is 5.13. The number of rotatable bonds is 7. The number of carbonyl (C=O) groups excluding carboxylic acids is 1. The third-order valence-electron chi connectivity index (χ3n) is 2.19. The molecule has 0 atom stereocenters. The number of methoxy groups -OCH3 is 1. The minimum Gasteiger partial charge on any atom is -0.469 e. The maximum Gasteiger partial charge on any atom is 0.306 e. The minimum atomic E-state index is -3.65. The van der Waals surface area contributed by atoms with Crippen LogP contribution in [0.5, 0.6) is 0 Å². The smallest absolute Gasteiger partial charge is 0.306 e. The molecule has 0 unspecified atom stereocenters. The Morgan fingerprint density at radius 2 is 2.33 bits per heavy atom. The van der Waals surface area contributed by atoms with Crippen molar-refractivity contribution in [2.75, 3.05) is 20.7 Å². The number of hydrogen-bond acceptors (Lipinski definition) is 6. The van der Waals surface area contributed by atoms with Gasteiger partial charge >= 0.3 is 5.97 Å². The lowest BCUT2D eigenvalue weighted by Crippen LogP contribution is -2.38. The first-order valence-corrected chi connectivity index (χ1v) is 6.57. The highest BCUT2D eigenvalue weighted by Crippen LogP contribution is 2.01. The van der Waals surface area contributed by atoms with E-state index in [1.807, 2.05) is 0 Å². The van der Waals surface area contributed by atoms with Gasteiger partial charge in [-0.25, -0.2) is 0 Å². The summed E-state index contributed by atoms with van der Waals surface area (Å²) < 4.78 is 36.0. The molecule has 0 radical (unpaired) electrons. The van der Waals surface area contributed by atoms with E-state index in [1.54, 1.807) is 6.07 Å². The predicted octanol–water partition coefficient (Wildman–Crippen LogP) is -0.496. The predicted molar refractivity (Wildman–Crippen MR) is 61.5 cm³/mol. The second kappa shape index (κ2) is 6.47. The summed E-state index contributed by atoms with van der Waals surface area (Å²) in [6.45, 7) is 0.0449. The number of nitrogens with one attached hydrogen (secondary N) is 1. The second-order valence-electron chi connectivity index (χ2n) is 3.45. The van der Waals surface area contributed by atoms with Crippen LogP contribution in [-0.2, 0) is 26.3 Å². The van der Waals surface area contributed by atoms with Crippen LogP contribution >= 0.6 is 0 Å². The van der Waals surface area contributed by atoms with Gasteiger partial charge in [-0.2, -0.15) is 17.4 Å². The topological polar surface area (TPSA) is 102 Å². The molecule has 9 heteroatoms. The summed E-state index contributed by atoms with van der Waals surface area (Å²) in [6, 6.07) is 1.55. The number of hydrogen-bond donors (Lipinski definition) is 1. The van der Waals surface area contributed by atoms with Crippen molar-refractivity contribution in [3.63, 3.8) is 0 Å². The van der Waals surface area contributed by atoms with Crippen LogP contribution in [-0.4, -0.2) is 44.6 Å². The van der Waals surface area contributed by atoms with Gasteiger partial charge in [0.15, 0.2) is 5.76 Å². The molecule has 1 heterocycles. The SMILES string of the molecule is COC(=O)CCN(C)S(=O)(=O)NCc1ccno1. The lowest BCUT2D eigenvalue weighted by molar-refractivity contribution is -0.140. The molecule has 0 saturated carbocycles. The molecule has 18 heavy (non-hydrogen) atoms. The van der Waals surface area contributed by atoms with Crippen molar-refractivity contribution in [1.82, 2.24) is 14.2 Å². The lowest BCUT2D eigenvalue weighted by Gasteiger charge is -2.16. The molecule has 0 saturated heterocycles. The fourth-order valence-corrected chi connectivity index (χ4v) is 1.95. The first kappa shape index (κ1) is 14.6. The zero-order valence-electron chi connectivity index (χ0n) is 10.1. The molecule has 1 rings (SSSR count). The van der Waals surface area contributed by atoms with Crippen LogP contribution in [0.15, 0.2) is 16.8 Å². The summed E-state index contributed by atoms with van der Waals surface area (Å²) in [5.41, 5.74) is 0. The summed E-state index contributed by atoms with van der Waals surface area (Å²) >= 11 is 0. The van der Waals surface area contributed by atoms with E-state index in [0.717, 1.165) is 4.31 Å². The van der Waals surface area contributed by atoms with E-state index >= 15 is 0 Å². The van der Waals surface area contributed by atoms with Crippen LogP contribution in [0.4, 0.5) is 0 Å². The average molecular weight is 277 g/mol. The van der Waals surface area contributed by atoms with E-state index in [4.69, 9.17) is 4.52 Å². The fraction of sp³-hybridized carbons (Fsp3) is 0.556. The van der Waals surface area contributed by atoms with E-state index < -0.39 is 16.2 Å². The van der Waals surface area contributed by atoms with Gasteiger partial charge in [-0.15, -0.1) is 0 Å². The number of aromatic nitrogens is 1. The molecule has 1 N–H and O–H groups in total. The average Bonchev–Trinajstić information content (AvgIpc) is 2.86. The van der Waals surface area contributed by atoms with Crippen molar-refractivity contribution in [1.29, 1.82) is 0 Å². The Hall–Kier alpha value is -1.45. The van der Waals surface area contributed by atoms with E-state index in [0.29, 0.717) is 5.76 Å². The Morgan fingerprint density at radius 3 is 2.89 bits per heavy atom. The van der Waals surface area contributed by atoms with Crippen LogP contribution in [0.3, 0.4) is 0 Å². The Morgan fingerprint density at radius 1 is 1.61 bits per heavy atom. The van der Waals surface area contributed by atoms with Crippen molar-refractivity contribution < 1.29 is 22.5 Å². The third kappa shape index (κ3) is 4.43. The van der Waals surface area contributed by atoms with Gasteiger partial charge in [0.2, 0.25) is 0 Å². The van der Waals surface area contributed by atoms with Crippen LogP contribution in [0.25, 0.3) is 0 Å². The normalized spacial score (nSPS) is 11.7. The number of nitrogens with zero attached hydrogens (tertiary/aromatic N) is 2. The third-order valence-corrected chi connectivity index (χ3v) is 3.70. The molecule has 0 fully saturated rings. The van der Waals surface area contributed by atoms with Crippen molar-refractivity contribution in [3.8, 4) is 0 Å². The van der Waals surface area contributed by atoms with Crippen LogP contribution in [0, 0.1) is 0 Å². The van der Waals surface area contributed by atoms with Crippen molar-refractivity contribution in [2.45, 2.75) is 13.0 Å². The standard InChI is InChI=1S/C9H15N3O5S/c1-12(6-4-9(13)16-2)18(14,15)11-7-8-3-5-10-17-8/h3,5,11H,4,6-7H2,1-2H3. The highest BCUT2D eigenvalue weighted by molar-refractivity contribution is 7.87. The molecule has 0 spiro atoms. The van der Waals surface area contributed by atoms with E-state index in [1.165, 1.54) is 20.4 Å². The zero-order valence-corrected chi connectivity index (χ0v) is 10.9. The molecule has 1 aromatic rings. The summed E-state index contributed by atoms with van der Waals surface area (Å²) in [4.78, 5) is 10.9. The molecule has 0 aliphatic rings. The molecule has 0 bridgehead atoms. The van der Waals surface area contributed by atoms with Crippen molar-refractivity contribution in [2.24, 2.45) is 0 Å². The Labute approximate surface area is 105 Å². The molecule has 0 aliphatic heterocycles. The molecular formula is C9H15N3O5S. The molecule has 0 aromatic carbocycles. The molecule has 8 nitrogen and oxygen atoms in total. The van der Waals surface area contributed by atoms with Gasteiger partial charge in [-0.1, -0.05) is 5.16 Å². The van der Waals surface area contributed by atoms with E-state index in [-0.39, 0.29) is 19.5 Å². The molecule has 102 valence electrons. The maximum atomic E-state index is 11.7. The summed E-state index contributed by atoms with van der Waals surface area (Å²) in [6.07, 6.45) is 1.42. The van der Waals surface area contributed by atoms with Gasteiger partial charge in [0.05, 0.1) is 26.3 Å². The van der Waals surface area contributed by atoms with Crippen LogP contribution in [0.2, 0.25) is 0 Å². The van der Waals surface area contributed by atoms with E-state index in [9.17, 15) is 13.2 Å². The van der Waals surface area contributed by atoms with Gasteiger partial charge in [0, 0.05) is 19.7 Å². The van der Waals surface area contributed by atoms with Crippen molar-refractivity contribution >= 4 is 16.2 Å². The van der Waals surface area contributed by atoms with Crippen LogP contribution in [0.1, 0.15) is 12.2 Å². The van der Waals surface area contributed by atoms with Crippen LogP contribution < -0.4 is 4.72 Å². The number of carbonyl (C=O) groups is 1. The Bertz CT molecular complexity index is 470. The number of ether oxygens (including phenoxy) is 1. The summed E-state index contributed by atoms with van der Waals surface area (Å²) in [5.74, 6) is -0.0628. The van der Waals surface area contributed by atoms with Crippen molar-refractivity contribution in [3.05, 3.63) is 18.0 Å². The molecular weight excluding hydrogens is 262 g/mol. The van der Waals surface area contributed by atoms with E-state index in [2.05, 4.69) is 14.6 Å². The quantitative estimate of drug-likeness (QED) is 0.674. The number of esters is 1. The molecule has 0 amide bonds.